The lowest BCUT2D eigenvalue weighted by molar-refractivity contribution is 0.599. The first-order chi connectivity index (χ1) is 11.8. The van der Waals surface area contributed by atoms with Crippen LogP contribution in [0.15, 0.2) is 46.0 Å². The Labute approximate surface area is 152 Å². The van der Waals surface area contributed by atoms with Gasteiger partial charge in [0.1, 0.15) is 10.7 Å². The molecule has 3 rings (SSSR count). The van der Waals surface area contributed by atoms with Crippen molar-refractivity contribution in [2.45, 2.75) is 18.4 Å². The third-order valence-corrected chi connectivity index (χ3v) is 5.71. The molecule has 132 valence electrons. The highest BCUT2D eigenvalue weighted by Gasteiger charge is 2.22. The van der Waals surface area contributed by atoms with Gasteiger partial charge in [0.2, 0.25) is 0 Å². The Morgan fingerprint density at radius 1 is 1.28 bits per heavy atom. The van der Waals surface area contributed by atoms with Crippen LogP contribution in [-0.2, 0) is 23.6 Å². The van der Waals surface area contributed by atoms with Crippen LogP contribution in [0.25, 0.3) is 0 Å². The molecule has 0 fully saturated rings. The maximum Gasteiger partial charge on any atom is 0.266 e. The summed E-state index contributed by atoms with van der Waals surface area (Å²) in [4.78, 5) is 0.0926. The molecule has 25 heavy (non-hydrogen) atoms. The van der Waals surface area contributed by atoms with Crippen molar-refractivity contribution in [3.63, 3.8) is 0 Å². The Morgan fingerprint density at radius 3 is 2.56 bits per heavy atom. The minimum atomic E-state index is -3.80. The van der Waals surface area contributed by atoms with Gasteiger partial charge in [0.25, 0.3) is 10.0 Å². The number of sulfonamides is 1. The van der Waals surface area contributed by atoms with Crippen LogP contribution in [0.5, 0.6) is 0 Å². The highest BCUT2D eigenvalue weighted by molar-refractivity contribution is 9.10. The van der Waals surface area contributed by atoms with E-state index in [1.807, 2.05) is 0 Å². The summed E-state index contributed by atoms with van der Waals surface area (Å²) in [6.07, 6.45) is 2.94. The Hall–Kier alpha value is -2.20. The predicted octanol–water partition coefficient (Wildman–Crippen LogP) is 2.68. The standard InChI is InChI=1S/C15H15BrFN5O2S/c1-10-14(7-18-21(10)2)25(23,24)20-15-13(16)9-22(19-15)8-11-3-5-12(17)6-4-11/h3-7,9H,8H2,1-2H3,(H,19,20). The molecule has 2 heterocycles. The molecular formula is C15H15BrFN5O2S. The van der Waals surface area contributed by atoms with Gasteiger partial charge in [-0.3, -0.25) is 14.1 Å². The van der Waals surface area contributed by atoms with Crippen LogP contribution in [0.1, 0.15) is 11.3 Å². The number of halogens is 2. The molecule has 0 spiro atoms. The smallest absolute Gasteiger partial charge is 0.266 e. The minimum absolute atomic E-state index is 0.0926. The molecule has 0 saturated heterocycles. The van der Waals surface area contributed by atoms with Gasteiger partial charge in [-0.25, -0.2) is 12.8 Å². The molecule has 7 nitrogen and oxygen atoms in total. The van der Waals surface area contributed by atoms with Crippen molar-refractivity contribution in [3.8, 4) is 0 Å². The van der Waals surface area contributed by atoms with E-state index in [1.165, 1.54) is 23.0 Å². The van der Waals surface area contributed by atoms with Crippen LogP contribution >= 0.6 is 15.9 Å². The van der Waals surface area contributed by atoms with Crippen molar-refractivity contribution in [3.05, 3.63) is 58.2 Å². The van der Waals surface area contributed by atoms with Gasteiger partial charge in [-0.05, 0) is 40.5 Å². The molecule has 0 amide bonds. The second kappa shape index (κ2) is 6.60. The Bertz CT molecular complexity index is 1010. The third kappa shape index (κ3) is 3.74. The Balaban J connectivity index is 1.83. The number of anilines is 1. The monoisotopic (exact) mass is 427 g/mol. The van der Waals surface area contributed by atoms with E-state index in [0.717, 1.165) is 5.56 Å². The first kappa shape index (κ1) is 17.6. The van der Waals surface area contributed by atoms with Crippen LogP contribution in [0.3, 0.4) is 0 Å². The molecule has 0 saturated carbocycles. The lowest BCUT2D eigenvalue weighted by Crippen LogP contribution is -2.15. The lowest BCUT2D eigenvalue weighted by atomic mass is 10.2. The quantitative estimate of drug-likeness (QED) is 0.678. The molecule has 0 radical (unpaired) electrons. The lowest BCUT2D eigenvalue weighted by Gasteiger charge is -2.05. The molecule has 0 aliphatic carbocycles. The van der Waals surface area contributed by atoms with Gasteiger partial charge in [-0.15, -0.1) is 0 Å². The van der Waals surface area contributed by atoms with E-state index >= 15 is 0 Å². The number of hydrogen-bond acceptors (Lipinski definition) is 4. The van der Waals surface area contributed by atoms with E-state index in [1.54, 1.807) is 37.0 Å². The summed E-state index contributed by atoms with van der Waals surface area (Å²) in [6, 6.07) is 6.02. The number of nitrogens with zero attached hydrogens (tertiary/aromatic N) is 4. The minimum Gasteiger partial charge on any atom is -0.272 e. The fourth-order valence-corrected chi connectivity index (χ4v) is 4.02. The van der Waals surface area contributed by atoms with Crippen LogP contribution in [-0.4, -0.2) is 28.0 Å². The van der Waals surface area contributed by atoms with Crippen molar-refractivity contribution in [1.29, 1.82) is 0 Å². The van der Waals surface area contributed by atoms with Gasteiger partial charge in [-0.2, -0.15) is 10.2 Å². The van der Waals surface area contributed by atoms with Crippen LogP contribution in [0, 0.1) is 12.7 Å². The van der Waals surface area contributed by atoms with E-state index in [-0.39, 0.29) is 16.5 Å². The van der Waals surface area contributed by atoms with Crippen molar-refractivity contribution in [2.75, 3.05) is 4.72 Å². The molecule has 1 N–H and O–H groups in total. The van der Waals surface area contributed by atoms with Gasteiger partial charge in [-0.1, -0.05) is 12.1 Å². The van der Waals surface area contributed by atoms with E-state index < -0.39 is 10.0 Å². The zero-order chi connectivity index (χ0) is 18.2. The first-order valence-electron chi connectivity index (χ1n) is 7.25. The van der Waals surface area contributed by atoms with E-state index in [4.69, 9.17) is 0 Å². The average Bonchev–Trinajstić information content (AvgIpc) is 3.05. The SMILES string of the molecule is Cc1c(S(=O)(=O)Nc2nn(Cc3ccc(F)cc3)cc2Br)cnn1C. The number of aryl methyl sites for hydroxylation is 1. The Kier molecular flexibility index (Phi) is 4.65. The summed E-state index contributed by atoms with van der Waals surface area (Å²) < 4.78 is 44.0. The molecule has 3 aromatic rings. The second-order valence-corrected chi connectivity index (χ2v) is 7.98. The molecule has 0 aliphatic rings. The molecule has 0 atom stereocenters. The van der Waals surface area contributed by atoms with E-state index in [9.17, 15) is 12.8 Å². The molecule has 10 heteroatoms. The highest BCUT2D eigenvalue weighted by atomic mass is 79.9. The average molecular weight is 428 g/mol. The number of nitrogens with one attached hydrogen (secondary N) is 1. The summed E-state index contributed by atoms with van der Waals surface area (Å²) in [7, 11) is -2.13. The molecule has 0 aliphatic heterocycles. The molecular weight excluding hydrogens is 413 g/mol. The number of hydrogen-bond donors (Lipinski definition) is 1. The number of rotatable bonds is 5. The highest BCUT2D eigenvalue weighted by Crippen LogP contribution is 2.24. The van der Waals surface area contributed by atoms with Crippen molar-refractivity contribution < 1.29 is 12.8 Å². The second-order valence-electron chi connectivity index (χ2n) is 5.47. The van der Waals surface area contributed by atoms with E-state index in [0.29, 0.717) is 16.7 Å². The van der Waals surface area contributed by atoms with E-state index in [2.05, 4.69) is 30.8 Å². The fraction of sp³-hybridized carbons (Fsp3) is 0.200. The number of benzene rings is 1. The summed E-state index contributed by atoms with van der Waals surface area (Å²) in [6.45, 7) is 2.05. The zero-order valence-electron chi connectivity index (χ0n) is 13.4. The Morgan fingerprint density at radius 2 is 1.96 bits per heavy atom. The normalized spacial score (nSPS) is 11.7. The summed E-state index contributed by atoms with van der Waals surface area (Å²) >= 11 is 3.30. The molecule has 0 unspecified atom stereocenters. The fourth-order valence-electron chi connectivity index (χ4n) is 2.25. The van der Waals surface area contributed by atoms with Crippen molar-refractivity contribution >= 4 is 31.8 Å². The molecule has 0 bridgehead atoms. The summed E-state index contributed by atoms with van der Waals surface area (Å²) in [5.74, 6) is -0.143. The molecule has 1 aromatic carbocycles. The van der Waals surface area contributed by atoms with Crippen LogP contribution in [0.4, 0.5) is 10.2 Å². The molecule has 2 aromatic heterocycles. The van der Waals surface area contributed by atoms with Crippen LogP contribution in [0.2, 0.25) is 0 Å². The van der Waals surface area contributed by atoms with Gasteiger partial charge in [0.05, 0.1) is 22.9 Å². The maximum absolute atomic E-state index is 13.0. The maximum atomic E-state index is 13.0. The van der Waals surface area contributed by atoms with Gasteiger partial charge in [0, 0.05) is 13.2 Å². The summed E-state index contributed by atoms with van der Waals surface area (Å²) in [5.41, 5.74) is 1.36. The summed E-state index contributed by atoms with van der Waals surface area (Å²) in [5, 5.41) is 8.18. The van der Waals surface area contributed by atoms with Crippen molar-refractivity contribution in [2.24, 2.45) is 7.05 Å². The largest absolute Gasteiger partial charge is 0.272 e. The van der Waals surface area contributed by atoms with Gasteiger partial charge >= 0.3 is 0 Å². The number of aromatic nitrogens is 4. The third-order valence-electron chi connectivity index (χ3n) is 3.69. The predicted molar refractivity (Wildman–Crippen MR) is 94.2 cm³/mol. The first-order valence-corrected chi connectivity index (χ1v) is 9.53. The van der Waals surface area contributed by atoms with Crippen LogP contribution < -0.4 is 4.72 Å². The van der Waals surface area contributed by atoms with Gasteiger partial charge in [0.15, 0.2) is 5.82 Å². The van der Waals surface area contributed by atoms with Gasteiger partial charge < -0.3 is 0 Å². The topological polar surface area (TPSA) is 81.8 Å². The zero-order valence-corrected chi connectivity index (χ0v) is 15.8. The van der Waals surface area contributed by atoms with Crippen molar-refractivity contribution in [1.82, 2.24) is 19.6 Å².